The second kappa shape index (κ2) is 3.14. The zero-order valence-corrected chi connectivity index (χ0v) is 8.03. The third kappa shape index (κ3) is 1.61. The van der Waals surface area contributed by atoms with Crippen molar-refractivity contribution in [1.82, 2.24) is 0 Å². The average Bonchev–Trinajstić information content (AvgIpc) is 2.06. The maximum atomic E-state index is 12.8. The molecule has 68 valence electrons. The van der Waals surface area contributed by atoms with Crippen molar-refractivity contribution < 1.29 is 9.18 Å². The van der Waals surface area contributed by atoms with Gasteiger partial charge in [0.1, 0.15) is 5.82 Å². The number of halogens is 1. The largest absolute Gasteiger partial charge is 0.294 e. The van der Waals surface area contributed by atoms with Crippen molar-refractivity contribution in [1.29, 1.82) is 0 Å². The first-order valence-electron chi connectivity index (χ1n) is 4.16. The van der Waals surface area contributed by atoms with Crippen molar-refractivity contribution in [2.45, 2.75) is 23.5 Å². The van der Waals surface area contributed by atoms with Gasteiger partial charge in [0.05, 0.1) is 0 Å². The van der Waals surface area contributed by atoms with Crippen LogP contribution in [0.15, 0.2) is 23.1 Å². The normalized spacial score (nSPS) is 21.4. The molecule has 0 saturated heterocycles. The number of ketones is 1. The van der Waals surface area contributed by atoms with E-state index in [9.17, 15) is 9.18 Å². The van der Waals surface area contributed by atoms with Crippen molar-refractivity contribution in [3.63, 3.8) is 0 Å². The van der Waals surface area contributed by atoms with Crippen LogP contribution in [0.3, 0.4) is 0 Å². The van der Waals surface area contributed by atoms with Gasteiger partial charge in [0.15, 0.2) is 5.78 Å². The molecule has 0 saturated carbocycles. The fourth-order valence-electron chi connectivity index (χ4n) is 1.45. The summed E-state index contributed by atoms with van der Waals surface area (Å²) in [7, 11) is 0. The van der Waals surface area contributed by atoms with Gasteiger partial charge in [-0.1, -0.05) is 6.92 Å². The molecule has 0 amide bonds. The van der Waals surface area contributed by atoms with Crippen molar-refractivity contribution in [3.8, 4) is 0 Å². The van der Waals surface area contributed by atoms with Gasteiger partial charge < -0.3 is 0 Å². The fourth-order valence-corrected chi connectivity index (χ4v) is 2.57. The van der Waals surface area contributed by atoms with Crippen LogP contribution in [0.25, 0.3) is 0 Å². The Kier molecular flexibility index (Phi) is 2.12. The van der Waals surface area contributed by atoms with E-state index < -0.39 is 0 Å². The van der Waals surface area contributed by atoms with Gasteiger partial charge in [-0.3, -0.25) is 4.79 Å². The SMILES string of the molecule is C[C@H]1CC(=O)c2cc(F)ccc2S1. The quantitative estimate of drug-likeness (QED) is 0.634. The molecule has 1 aromatic rings. The predicted molar refractivity (Wildman–Crippen MR) is 50.7 cm³/mol. The molecule has 1 atom stereocenters. The minimum absolute atomic E-state index is 0.0563. The molecule has 0 radical (unpaired) electrons. The minimum atomic E-state index is -0.331. The lowest BCUT2D eigenvalue weighted by Gasteiger charge is -2.19. The van der Waals surface area contributed by atoms with E-state index in [1.807, 2.05) is 6.92 Å². The van der Waals surface area contributed by atoms with Crippen molar-refractivity contribution in [2.24, 2.45) is 0 Å². The van der Waals surface area contributed by atoms with Gasteiger partial charge in [-0.05, 0) is 18.2 Å². The first kappa shape index (κ1) is 8.75. The summed E-state index contributed by atoms with van der Waals surface area (Å²) < 4.78 is 12.8. The Morgan fingerprint density at radius 1 is 1.54 bits per heavy atom. The van der Waals surface area contributed by atoms with E-state index in [1.165, 1.54) is 12.1 Å². The van der Waals surface area contributed by atoms with E-state index >= 15 is 0 Å². The molecule has 1 aromatic carbocycles. The third-order valence-corrected chi connectivity index (χ3v) is 3.22. The molecule has 13 heavy (non-hydrogen) atoms. The van der Waals surface area contributed by atoms with Crippen LogP contribution >= 0.6 is 11.8 Å². The molecule has 2 rings (SSSR count). The molecule has 0 spiro atoms. The highest BCUT2D eigenvalue weighted by Crippen LogP contribution is 2.34. The lowest BCUT2D eigenvalue weighted by molar-refractivity contribution is 0.0977. The van der Waals surface area contributed by atoms with E-state index in [0.717, 1.165) is 4.90 Å². The summed E-state index contributed by atoms with van der Waals surface area (Å²) in [6.45, 7) is 2.01. The second-order valence-corrected chi connectivity index (χ2v) is 4.68. The third-order valence-electron chi connectivity index (χ3n) is 2.04. The minimum Gasteiger partial charge on any atom is -0.294 e. The highest BCUT2D eigenvalue weighted by Gasteiger charge is 2.22. The maximum absolute atomic E-state index is 12.8. The highest BCUT2D eigenvalue weighted by molar-refractivity contribution is 8.00. The molecule has 0 bridgehead atoms. The zero-order chi connectivity index (χ0) is 9.42. The van der Waals surface area contributed by atoms with Gasteiger partial charge in [-0.25, -0.2) is 4.39 Å². The van der Waals surface area contributed by atoms with Crippen LogP contribution in [-0.2, 0) is 0 Å². The van der Waals surface area contributed by atoms with E-state index in [-0.39, 0.29) is 11.6 Å². The second-order valence-electron chi connectivity index (χ2n) is 3.20. The molecular formula is C10H9FOS. The average molecular weight is 196 g/mol. The molecule has 0 unspecified atom stereocenters. The maximum Gasteiger partial charge on any atom is 0.165 e. The summed E-state index contributed by atoms with van der Waals surface area (Å²) in [6.07, 6.45) is 0.515. The molecule has 1 aliphatic rings. The number of carbonyl (C=O) groups is 1. The van der Waals surface area contributed by atoms with E-state index in [0.29, 0.717) is 17.2 Å². The summed E-state index contributed by atoms with van der Waals surface area (Å²) in [4.78, 5) is 12.4. The summed E-state index contributed by atoms with van der Waals surface area (Å²) in [5.74, 6) is -0.275. The van der Waals surface area contributed by atoms with Gasteiger partial charge in [-0.15, -0.1) is 11.8 Å². The summed E-state index contributed by atoms with van der Waals surface area (Å²) in [5, 5.41) is 0.311. The van der Waals surface area contributed by atoms with Crippen LogP contribution in [0, 0.1) is 5.82 Å². The van der Waals surface area contributed by atoms with Gasteiger partial charge in [0, 0.05) is 22.1 Å². The zero-order valence-electron chi connectivity index (χ0n) is 7.21. The van der Waals surface area contributed by atoms with Crippen molar-refractivity contribution >= 4 is 17.5 Å². The van der Waals surface area contributed by atoms with Gasteiger partial charge in [-0.2, -0.15) is 0 Å². The number of fused-ring (bicyclic) bond motifs is 1. The van der Waals surface area contributed by atoms with Gasteiger partial charge in [0.25, 0.3) is 0 Å². The molecule has 0 aliphatic carbocycles. The molecule has 1 heterocycles. The Balaban J connectivity index is 2.49. The van der Waals surface area contributed by atoms with Crippen LogP contribution in [0.5, 0.6) is 0 Å². The van der Waals surface area contributed by atoms with Gasteiger partial charge >= 0.3 is 0 Å². The van der Waals surface area contributed by atoms with Crippen LogP contribution in [0.4, 0.5) is 4.39 Å². The predicted octanol–water partition coefficient (Wildman–Crippen LogP) is 2.89. The Hall–Kier alpha value is -0.830. The molecule has 0 fully saturated rings. The van der Waals surface area contributed by atoms with E-state index in [4.69, 9.17) is 0 Å². The van der Waals surface area contributed by atoms with Crippen LogP contribution in [0.1, 0.15) is 23.7 Å². The van der Waals surface area contributed by atoms with Crippen molar-refractivity contribution in [2.75, 3.05) is 0 Å². The molecule has 1 aliphatic heterocycles. The molecule has 1 nitrogen and oxygen atoms in total. The Labute approximate surface area is 80.3 Å². The Morgan fingerprint density at radius 2 is 2.31 bits per heavy atom. The number of Topliss-reactive ketones (excluding diaryl/α,β-unsaturated/α-hetero) is 1. The topological polar surface area (TPSA) is 17.1 Å². The number of carbonyl (C=O) groups excluding carboxylic acids is 1. The number of rotatable bonds is 0. The van der Waals surface area contributed by atoms with E-state index in [2.05, 4.69) is 0 Å². The lowest BCUT2D eigenvalue weighted by Crippen LogP contribution is -2.14. The monoisotopic (exact) mass is 196 g/mol. The number of benzene rings is 1. The van der Waals surface area contributed by atoms with Crippen LogP contribution in [0.2, 0.25) is 0 Å². The molecule has 0 aromatic heterocycles. The molecular weight excluding hydrogens is 187 g/mol. The number of hydrogen-bond acceptors (Lipinski definition) is 2. The molecule has 0 N–H and O–H groups in total. The summed E-state index contributed by atoms with van der Waals surface area (Å²) in [5.41, 5.74) is 0.545. The standard InChI is InChI=1S/C10H9FOS/c1-6-4-9(12)8-5-7(11)2-3-10(8)13-6/h2-3,5-6H,4H2,1H3/t6-/m0/s1. The first-order chi connectivity index (χ1) is 6.16. The van der Waals surface area contributed by atoms with Crippen LogP contribution in [-0.4, -0.2) is 11.0 Å². The Morgan fingerprint density at radius 3 is 3.08 bits per heavy atom. The number of thioether (sulfide) groups is 1. The summed E-state index contributed by atoms with van der Waals surface area (Å²) in [6, 6.07) is 4.41. The summed E-state index contributed by atoms with van der Waals surface area (Å²) >= 11 is 1.64. The highest BCUT2D eigenvalue weighted by atomic mass is 32.2. The number of hydrogen-bond donors (Lipinski definition) is 0. The fraction of sp³-hybridized carbons (Fsp3) is 0.300. The Bertz CT molecular complexity index is 362. The van der Waals surface area contributed by atoms with E-state index in [1.54, 1.807) is 17.8 Å². The molecule has 3 heteroatoms. The van der Waals surface area contributed by atoms with Crippen molar-refractivity contribution in [3.05, 3.63) is 29.6 Å². The lowest BCUT2D eigenvalue weighted by atomic mass is 10.1. The smallest absolute Gasteiger partial charge is 0.165 e. The van der Waals surface area contributed by atoms with Gasteiger partial charge in [0.2, 0.25) is 0 Å². The van der Waals surface area contributed by atoms with Crippen LogP contribution < -0.4 is 0 Å². The first-order valence-corrected chi connectivity index (χ1v) is 5.04.